The van der Waals surface area contributed by atoms with Crippen LogP contribution in [0.15, 0.2) is 66.3 Å². The fraction of sp³-hybridized carbons (Fsp3) is 0.105. The first-order valence-electron chi connectivity index (χ1n) is 7.35. The van der Waals surface area contributed by atoms with E-state index in [4.69, 9.17) is 11.6 Å². The molecule has 0 radical (unpaired) electrons. The summed E-state index contributed by atoms with van der Waals surface area (Å²) in [4.78, 5) is 12.5. The van der Waals surface area contributed by atoms with E-state index in [1.54, 1.807) is 24.3 Å². The molecule has 3 rings (SSSR count). The summed E-state index contributed by atoms with van der Waals surface area (Å²) >= 11 is 5.94. The number of carbonyl (C=O) groups is 1. The first-order chi connectivity index (χ1) is 11.1. The van der Waals surface area contributed by atoms with Gasteiger partial charge in [-0.15, -0.1) is 0 Å². The highest BCUT2D eigenvalue weighted by atomic mass is 35.5. The highest BCUT2D eigenvalue weighted by Crippen LogP contribution is 2.33. The molecule has 2 aromatic rings. The topological polar surface area (TPSA) is 41.1 Å². The highest BCUT2D eigenvalue weighted by molar-refractivity contribution is 6.31. The normalized spacial score (nSPS) is 13.1. The molecule has 1 aliphatic heterocycles. The Morgan fingerprint density at radius 2 is 2.00 bits per heavy atom. The maximum atomic E-state index is 12.5. The standard InChI is InChI=1S/C19H17ClN2O/c1-12-16-8-3-4-9-18(16)21-11-17(12)13(2)19(23)22-15-7-5-6-14(20)10-15/h3-10,21H,2,11H2,1H3,(H,22,23). The molecule has 0 saturated carbocycles. The molecule has 0 aliphatic carbocycles. The molecule has 0 spiro atoms. The number of rotatable bonds is 3. The van der Waals surface area contributed by atoms with Gasteiger partial charge in [0.2, 0.25) is 0 Å². The Hall–Kier alpha value is -2.52. The highest BCUT2D eigenvalue weighted by Gasteiger charge is 2.20. The van der Waals surface area contributed by atoms with Gasteiger partial charge in [0.15, 0.2) is 0 Å². The van der Waals surface area contributed by atoms with Gasteiger partial charge in [-0.05, 0) is 42.3 Å². The van der Waals surface area contributed by atoms with Crippen molar-refractivity contribution >= 4 is 34.5 Å². The molecule has 2 aromatic carbocycles. The van der Waals surface area contributed by atoms with Crippen LogP contribution in [-0.4, -0.2) is 12.5 Å². The number of amides is 1. The molecule has 1 amide bonds. The smallest absolute Gasteiger partial charge is 0.255 e. The summed E-state index contributed by atoms with van der Waals surface area (Å²) in [5.41, 5.74) is 5.30. The summed E-state index contributed by atoms with van der Waals surface area (Å²) in [6.45, 7) is 6.59. The molecule has 0 saturated heterocycles. The lowest BCUT2D eigenvalue weighted by molar-refractivity contribution is -0.112. The van der Waals surface area contributed by atoms with Gasteiger partial charge in [0, 0.05) is 34.1 Å². The van der Waals surface area contributed by atoms with Gasteiger partial charge in [-0.2, -0.15) is 0 Å². The monoisotopic (exact) mass is 324 g/mol. The van der Waals surface area contributed by atoms with Gasteiger partial charge >= 0.3 is 0 Å². The number of hydrogen-bond donors (Lipinski definition) is 2. The Morgan fingerprint density at radius 3 is 2.78 bits per heavy atom. The molecule has 1 heterocycles. The Labute approximate surface area is 140 Å². The molecule has 116 valence electrons. The molecule has 4 heteroatoms. The summed E-state index contributed by atoms with van der Waals surface area (Å²) in [5.74, 6) is -0.220. The largest absolute Gasteiger partial charge is 0.380 e. The summed E-state index contributed by atoms with van der Waals surface area (Å²) in [7, 11) is 0. The van der Waals surface area contributed by atoms with Crippen molar-refractivity contribution in [1.29, 1.82) is 0 Å². The quantitative estimate of drug-likeness (QED) is 0.801. The maximum absolute atomic E-state index is 12.5. The Kier molecular flexibility index (Phi) is 4.22. The van der Waals surface area contributed by atoms with Crippen LogP contribution >= 0.6 is 11.6 Å². The Balaban J connectivity index is 1.84. The van der Waals surface area contributed by atoms with Gasteiger partial charge in [0.1, 0.15) is 0 Å². The van der Waals surface area contributed by atoms with Crippen molar-refractivity contribution < 1.29 is 4.79 Å². The zero-order chi connectivity index (χ0) is 16.4. The van der Waals surface area contributed by atoms with Crippen molar-refractivity contribution in [3.8, 4) is 0 Å². The van der Waals surface area contributed by atoms with Gasteiger partial charge in [-0.1, -0.05) is 42.4 Å². The summed E-state index contributed by atoms with van der Waals surface area (Å²) in [5, 5.41) is 6.75. The fourth-order valence-corrected chi connectivity index (χ4v) is 2.88. The van der Waals surface area contributed by atoms with Crippen LogP contribution in [0.4, 0.5) is 11.4 Å². The third kappa shape index (κ3) is 3.15. The minimum atomic E-state index is -0.220. The minimum absolute atomic E-state index is 0.220. The van der Waals surface area contributed by atoms with Crippen molar-refractivity contribution in [2.45, 2.75) is 6.92 Å². The first-order valence-corrected chi connectivity index (χ1v) is 7.73. The average molecular weight is 325 g/mol. The number of nitrogens with one attached hydrogen (secondary N) is 2. The van der Waals surface area contributed by atoms with Crippen LogP contribution in [0.1, 0.15) is 12.5 Å². The van der Waals surface area contributed by atoms with Crippen molar-refractivity contribution in [3.05, 3.63) is 76.8 Å². The van der Waals surface area contributed by atoms with Crippen molar-refractivity contribution in [2.75, 3.05) is 17.2 Å². The van der Waals surface area contributed by atoms with Crippen molar-refractivity contribution in [2.24, 2.45) is 0 Å². The zero-order valence-electron chi connectivity index (χ0n) is 12.8. The van der Waals surface area contributed by atoms with E-state index in [9.17, 15) is 4.79 Å². The lowest BCUT2D eigenvalue weighted by Gasteiger charge is -2.24. The van der Waals surface area contributed by atoms with Gasteiger partial charge in [0.25, 0.3) is 5.91 Å². The van der Waals surface area contributed by atoms with Gasteiger partial charge in [-0.3, -0.25) is 4.79 Å². The number of allylic oxidation sites excluding steroid dienone is 1. The molecular weight excluding hydrogens is 308 g/mol. The Bertz CT molecular complexity index is 824. The number of para-hydroxylation sites is 1. The second-order valence-corrected chi connectivity index (χ2v) is 5.88. The first kappa shape index (κ1) is 15.4. The number of benzene rings is 2. The minimum Gasteiger partial charge on any atom is -0.380 e. The molecule has 3 nitrogen and oxygen atoms in total. The van der Waals surface area contributed by atoms with Crippen LogP contribution in [0, 0.1) is 0 Å². The number of carbonyl (C=O) groups excluding carboxylic acids is 1. The Morgan fingerprint density at radius 1 is 1.22 bits per heavy atom. The van der Waals surface area contributed by atoms with E-state index >= 15 is 0 Å². The van der Waals surface area contributed by atoms with Crippen LogP contribution in [0.2, 0.25) is 5.02 Å². The molecule has 0 fully saturated rings. The predicted octanol–water partition coefficient (Wildman–Crippen LogP) is 4.73. The SMILES string of the molecule is C=C(C(=O)Nc1cccc(Cl)c1)C1=C(C)c2ccccc2NC1. The van der Waals surface area contributed by atoms with E-state index in [1.807, 2.05) is 31.2 Å². The molecule has 23 heavy (non-hydrogen) atoms. The van der Waals surface area contributed by atoms with Crippen LogP contribution in [0.3, 0.4) is 0 Å². The molecule has 2 N–H and O–H groups in total. The number of anilines is 2. The molecule has 0 atom stereocenters. The second kappa shape index (κ2) is 6.31. The number of halogens is 1. The van der Waals surface area contributed by atoms with Crippen LogP contribution in [0.5, 0.6) is 0 Å². The van der Waals surface area contributed by atoms with Crippen molar-refractivity contribution in [1.82, 2.24) is 0 Å². The third-order valence-corrected chi connectivity index (χ3v) is 4.20. The van der Waals surface area contributed by atoms with Crippen molar-refractivity contribution in [3.63, 3.8) is 0 Å². The maximum Gasteiger partial charge on any atom is 0.255 e. The van der Waals surface area contributed by atoms with E-state index in [0.717, 1.165) is 22.4 Å². The van der Waals surface area contributed by atoms with E-state index in [2.05, 4.69) is 17.2 Å². The summed E-state index contributed by atoms with van der Waals surface area (Å²) < 4.78 is 0. The van der Waals surface area contributed by atoms with Gasteiger partial charge in [0.05, 0.1) is 0 Å². The van der Waals surface area contributed by atoms with Crippen LogP contribution in [-0.2, 0) is 4.79 Å². The fourth-order valence-electron chi connectivity index (χ4n) is 2.69. The van der Waals surface area contributed by atoms with Gasteiger partial charge in [-0.25, -0.2) is 0 Å². The van der Waals surface area contributed by atoms with Gasteiger partial charge < -0.3 is 10.6 Å². The number of hydrogen-bond acceptors (Lipinski definition) is 2. The molecule has 0 unspecified atom stereocenters. The molecule has 0 bridgehead atoms. The number of fused-ring (bicyclic) bond motifs is 1. The zero-order valence-corrected chi connectivity index (χ0v) is 13.6. The van der Waals surface area contributed by atoms with E-state index in [-0.39, 0.29) is 5.91 Å². The third-order valence-electron chi connectivity index (χ3n) is 3.96. The predicted molar refractivity (Wildman–Crippen MR) is 96.7 cm³/mol. The van der Waals surface area contributed by atoms with E-state index < -0.39 is 0 Å². The molecule has 0 aromatic heterocycles. The second-order valence-electron chi connectivity index (χ2n) is 5.45. The summed E-state index contributed by atoms with van der Waals surface area (Å²) in [6.07, 6.45) is 0. The average Bonchev–Trinajstić information content (AvgIpc) is 2.55. The molecule has 1 aliphatic rings. The summed E-state index contributed by atoms with van der Waals surface area (Å²) in [6, 6.07) is 15.1. The van der Waals surface area contributed by atoms with Crippen LogP contribution in [0.25, 0.3) is 5.57 Å². The van der Waals surface area contributed by atoms with E-state index in [0.29, 0.717) is 22.8 Å². The van der Waals surface area contributed by atoms with E-state index in [1.165, 1.54) is 0 Å². The molecular formula is C19H17ClN2O. The lowest BCUT2D eigenvalue weighted by atomic mass is 9.92. The lowest BCUT2D eigenvalue weighted by Crippen LogP contribution is -2.21. The van der Waals surface area contributed by atoms with Crippen LogP contribution < -0.4 is 10.6 Å².